The van der Waals surface area contributed by atoms with Crippen molar-refractivity contribution in [3.05, 3.63) is 71.3 Å². The molecule has 0 aliphatic heterocycles. The minimum absolute atomic E-state index is 0.0120. The zero-order valence-corrected chi connectivity index (χ0v) is 39.8. The molecule has 3 fully saturated rings. The summed E-state index contributed by atoms with van der Waals surface area (Å²) < 4.78 is 47.8. The summed E-state index contributed by atoms with van der Waals surface area (Å²) in [7, 11) is 8.44. The maximum atomic E-state index is 12.7. The van der Waals surface area contributed by atoms with Crippen LogP contribution in [0.1, 0.15) is 108 Å². The predicted octanol–water partition coefficient (Wildman–Crippen LogP) is 9.11. The highest BCUT2D eigenvalue weighted by Gasteiger charge is 2.42. The second-order valence-corrected chi connectivity index (χ2v) is 16.9. The first-order valence-corrected chi connectivity index (χ1v) is 22.8. The molecule has 0 atom stereocenters. The SMILES string of the molecule is COc1ccc(OC)c(C(=O)OOC(=O)OC2CCC(C(C3CCC(OC(=O)OOC(=O)c4cc(OC)ccc4OC)CC3)C3CCC(OC(=O)OOC(=O)c4cc(OC)ccc4OC)CC3)CC2)c1. The molecule has 21 heteroatoms. The number of benzene rings is 3. The van der Waals surface area contributed by atoms with Gasteiger partial charge < -0.3 is 42.6 Å². The lowest BCUT2D eigenvalue weighted by Crippen LogP contribution is -2.39. The highest BCUT2D eigenvalue weighted by molar-refractivity contribution is 5.94. The molecule has 3 aromatic carbocycles. The molecule has 0 spiro atoms. The van der Waals surface area contributed by atoms with Gasteiger partial charge in [-0.3, -0.25) is 0 Å². The number of hydrogen-bond acceptors (Lipinski definition) is 21. The number of carbonyl (C=O) groups is 6. The fourth-order valence-corrected chi connectivity index (χ4v) is 9.67. The molecule has 3 aromatic rings. The van der Waals surface area contributed by atoms with Gasteiger partial charge in [0.05, 0.1) is 42.7 Å². The van der Waals surface area contributed by atoms with E-state index in [1.165, 1.54) is 79.1 Å². The lowest BCUT2D eigenvalue weighted by Gasteiger charge is -2.45. The Labute approximate surface area is 403 Å². The zero-order chi connectivity index (χ0) is 50.2. The van der Waals surface area contributed by atoms with Crippen molar-refractivity contribution in [1.29, 1.82) is 0 Å². The van der Waals surface area contributed by atoms with Crippen molar-refractivity contribution in [2.24, 2.45) is 23.7 Å². The van der Waals surface area contributed by atoms with E-state index in [9.17, 15) is 28.8 Å². The molecule has 21 nitrogen and oxygen atoms in total. The third-order valence-corrected chi connectivity index (χ3v) is 13.0. The predicted molar refractivity (Wildman–Crippen MR) is 238 cm³/mol. The quantitative estimate of drug-likeness (QED) is 0.0596. The van der Waals surface area contributed by atoms with Crippen LogP contribution in [0.4, 0.5) is 14.4 Å². The zero-order valence-electron chi connectivity index (χ0n) is 39.8. The van der Waals surface area contributed by atoms with Gasteiger partial charge in [-0.05, 0) is 155 Å². The summed E-state index contributed by atoms with van der Waals surface area (Å²) in [5, 5.41) is 0. The van der Waals surface area contributed by atoms with E-state index >= 15 is 0 Å². The van der Waals surface area contributed by atoms with Crippen LogP contribution in [0.15, 0.2) is 54.6 Å². The normalized spacial score (nSPS) is 21.2. The Hall–Kier alpha value is -7.32. The van der Waals surface area contributed by atoms with E-state index in [0.717, 1.165) is 38.5 Å². The van der Waals surface area contributed by atoms with E-state index in [2.05, 4.69) is 0 Å². The van der Waals surface area contributed by atoms with E-state index in [-0.39, 0.29) is 57.6 Å². The van der Waals surface area contributed by atoms with Crippen LogP contribution in [0.2, 0.25) is 0 Å². The van der Waals surface area contributed by atoms with Crippen LogP contribution in [0.5, 0.6) is 34.5 Å². The molecule has 6 rings (SSSR count). The first kappa shape index (κ1) is 52.1. The van der Waals surface area contributed by atoms with Gasteiger partial charge in [0.15, 0.2) is 0 Å². The minimum Gasteiger partial charge on any atom is -0.497 e. The van der Waals surface area contributed by atoms with Crippen molar-refractivity contribution >= 4 is 36.4 Å². The molecular formula is C49H58O21. The first-order valence-electron chi connectivity index (χ1n) is 22.8. The number of ether oxygens (including phenoxy) is 9. The van der Waals surface area contributed by atoms with Gasteiger partial charge in [0.25, 0.3) is 0 Å². The Kier molecular flexibility index (Phi) is 18.8. The maximum Gasteiger partial charge on any atom is 0.550 e. The van der Waals surface area contributed by atoms with E-state index in [4.69, 9.17) is 72.0 Å². The molecule has 0 bridgehead atoms. The summed E-state index contributed by atoms with van der Waals surface area (Å²) in [6, 6.07) is 13.5. The molecule has 3 aliphatic carbocycles. The molecule has 0 radical (unpaired) electrons. The van der Waals surface area contributed by atoms with Gasteiger partial charge in [0, 0.05) is 0 Å². The lowest BCUT2D eigenvalue weighted by atomic mass is 9.61. The van der Waals surface area contributed by atoms with E-state index < -0.39 is 54.7 Å². The molecule has 0 amide bonds. The van der Waals surface area contributed by atoms with Crippen molar-refractivity contribution in [2.75, 3.05) is 42.7 Å². The Bertz CT molecular complexity index is 2020. The van der Waals surface area contributed by atoms with Crippen LogP contribution in [-0.4, -0.2) is 97.3 Å². The van der Waals surface area contributed by atoms with Crippen LogP contribution < -0.4 is 28.4 Å². The molecule has 3 aliphatic rings. The van der Waals surface area contributed by atoms with E-state index in [1.54, 1.807) is 18.2 Å². The van der Waals surface area contributed by atoms with Gasteiger partial charge in [-0.2, -0.15) is 14.4 Å². The molecule has 3 saturated carbocycles. The van der Waals surface area contributed by atoms with Crippen molar-refractivity contribution in [2.45, 2.75) is 95.4 Å². The molecule has 0 aromatic heterocycles. The van der Waals surface area contributed by atoms with Gasteiger partial charge in [0.2, 0.25) is 0 Å². The van der Waals surface area contributed by atoms with Crippen LogP contribution in [0, 0.1) is 23.7 Å². The first-order chi connectivity index (χ1) is 33.9. The smallest absolute Gasteiger partial charge is 0.497 e. The van der Waals surface area contributed by atoms with Crippen molar-refractivity contribution in [3.63, 3.8) is 0 Å². The lowest BCUT2D eigenvalue weighted by molar-refractivity contribution is -0.209. The Morgan fingerprint density at radius 3 is 0.843 bits per heavy atom. The largest absolute Gasteiger partial charge is 0.550 e. The van der Waals surface area contributed by atoms with Gasteiger partial charge in [0.1, 0.15) is 69.5 Å². The van der Waals surface area contributed by atoms with Gasteiger partial charge >= 0.3 is 36.4 Å². The third-order valence-electron chi connectivity index (χ3n) is 13.0. The fraction of sp³-hybridized carbons (Fsp3) is 0.510. The molecule has 0 saturated heterocycles. The minimum atomic E-state index is -1.16. The summed E-state index contributed by atoms with van der Waals surface area (Å²) in [5.74, 6) is -0.333. The van der Waals surface area contributed by atoms with Gasteiger partial charge in [-0.1, -0.05) is 0 Å². The summed E-state index contributed by atoms with van der Waals surface area (Å²) in [5.41, 5.74) is -0.0360. The second kappa shape index (κ2) is 25.3. The molecule has 0 heterocycles. The summed E-state index contributed by atoms with van der Waals surface area (Å²) in [6.07, 6.45) is 2.59. The van der Waals surface area contributed by atoms with E-state index in [0.29, 0.717) is 55.8 Å². The van der Waals surface area contributed by atoms with Crippen molar-refractivity contribution in [1.82, 2.24) is 0 Å². The van der Waals surface area contributed by atoms with Gasteiger partial charge in [-0.25, -0.2) is 43.7 Å². The topological polar surface area (TPSA) is 241 Å². The maximum absolute atomic E-state index is 12.7. The molecule has 0 unspecified atom stereocenters. The number of rotatable bonds is 15. The Balaban J connectivity index is 1.02. The van der Waals surface area contributed by atoms with Crippen LogP contribution in [0.25, 0.3) is 0 Å². The summed E-state index contributed by atoms with van der Waals surface area (Å²) in [4.78, 5) is 105. The van der Waals surface area contributed by atoms with Crippen LogP contribution >= 0.6 is 0 Å². The standard InChI is InChI=1S/C49H58O21/c1-56-34-19-22-40(59-4)37(25-34)44(50)65-68-47(53)62-31-13-7-28(8-14-31)43(29-9-15-32(16-10-29)63-48(54)69-66-45(51)38-26-35(57-2)20-23-41(38)60-5)30-11-17-33(18-12-30)64-49(55)70-67-46(52)39-27-36(58-3)21-24-42(39)61-6/h19-33,43H,7-18H2,1-6H3. The highest BCUT2D eigenvalue weighted by Crippen LogP contribution is 2.48. The fourth-order valence-electron chi connectivity index (χ4n) is 9.67. The molecule has 0 N–H and O–H groups in total. The Morgan fingerprint density at radius 1 is 0.357 bits per heavy atom. The summed E-state index contributed by atoms with van der Waals surface area (Å²) >= 11 is 0. The second-order valence-electron chi connectivity index (χ2n) is 16.9. The van der Waals surface area contributed by atoms with Crippen molar-refractivity contribution < 1.29 is 101 Å². The van der Waals surface area contributed by atoms with Crippen LogP contribution in [-0.2, 0) is 43.5 Å². The molecule has 380 valence electrons. The average Bonchev–Trinajstić information content (AvgIpc) is 3.39. The van der Waals surface area contributed by atoms with E-state index in [1.807, 2.05) is 0 Å². The van der Waals surface area contributed by atoms with Gasteiger partial charge in [-0.15, -0.1) is 0 Å². The number of carbonyl (C=O) groups excluding carboxylic acids is 6. The third kappa shape index (κ3) is 13.9. The highest BCUT2D eigenvalue weighted by atomic mass is 17.2. The average molecular weight is 983 g/mol. The summed E-state index contributed by atoms with van der Waals surface area (Å²) in [6.45, 7) is 0. The Morgan fingerprint density at radius 2 is 0.614 bits per heavy atom. The molecule has 70 heavy (non-hydrogen) atoms. The van der Waals surface area contributed by atoms with Crippen molar-refractivity contribution in [3.8, 4) is 34.5 Å². The monoisotopic (exact) mass is 982 g/mol. The number of methoxy groups -OCH3 is 6. The number of hydrogen-bond donors (Lipinski definition) is 0. The van der Waals surface area contributed by atoms with Crippen LogP contribution in [0.3, 0.4) is 0 Å². The molecular weight excluding hydrogens is 925 g/mol.